The van der Waals surface area contributed by atoms with Crippen LogP contribution in [0.5, 0.6) is 0 Å². The molecule has 1 aromatic carbocycles. The van der Waals surface area contributed by atoms with Crippen molar-refractivity contribution in [3.8, 4) is 0 Å². The molecule has 15 heteroatoms. The second kappa shape index (κ2) is 27.2. The Morgan fingerprint density at radius 2 is 1.36 bits per heavy atom. The van der Waals surface area contributed by atoms with Gasteiger partial charge in [-0.25, -0.2) is 14.4 Å². The van der Waals surface area contributed by atoms with Gasteiger partial charge in [-0.1, -0.05) is 101 Å². The van der Waals surface area contributed by atoms with Crippen molar-refractivity contribution in [2.24, 2.45) is 5.11 Å². The van der Waals surface area contributed by atoms with Gasteiger partial charge in [-0.3, -0.25) is 0 Å². The van der Waals surface area contributed by atoms with E-state index in [9.17, 15) is 30.1 Å². The molecule has 7 atom stereocenters. The van der Waals surface area contributed by atoms with E-state index in [4.69, 9.17) is 33.2 Å². The fraction of sp³-hybridized carbons (Fsp3) is 0.744. The quantitative estimate of drug-likeness (QED) is 0.0167. The molecule has 1 aliphatic rings. The molecular weight excluding hydrogens is 750 g/mol. The van der Waals surface area contributed by atoms with E-state index in [2.05, 4.69) is 16.9 Å². The molecule has 0 radical (unpaired) electrons. The summed E-state index contributed by atoms with van der Waals surface area (Å²) in [6.07, 6.45) is 9.51. The number of unbranched alkanes of at least 4 members (excludes halogenated alkanes) is 11. The first-order valence-electron chi connectivity index (χ1n) is 20.8. The van der Waals surface area contributed by atoms with E-state index < -0.39 is 98.4 Å². The van der Waals surface area contributed by atoms with Crippen LogP contribution in [0.3, 0.4) is 0 Å². The topological polar surface area (TPSA) is 205 Å². The highest BCUT2D eigenvalue weighted by molar-refractivity contribution is 5.89. The summed E-state index contributed by atoms with van der Waals surface area (Å²) >= 11 is 0. The highest BCUT2D eigenvalue weighted by Gasteiger charge is 2.48. The van der Waals surface area contributed by atoms with Crippen molar-refractivity contribution in [1.82, 2.24) is 0 Å². The molecule has 0 saturated carbocycles. The van der Waals surface area contributed by atoms with Crippen molar-refractivity contribution in [3.63, 3.8) is 0 Å². The van der Waals surface area contributed by atoms with Crippen LogP contribution in [0.15, 0.2) is 47.6 Å². The van der Waals surface area contributed by atoms with Crippen molar-refractivity contribution in [2.45, 2.75) is 180 Å². The third-order valence-electron chi connectivity index (χ3n) is 8.99. The molecule has 2 N–H and O–H groups in total. The fourth-order valence-electron chi connectivity index (χ4n) is 6.26. The number of hydrogen-bond donors (Lipinski definition) is 2. The Morgan fingerprint density at radius 1 is 0.828 bits per heavy atom. The molecule has 1 fully saturated rings. The van der Waals surface area contributed by atoms with Gasteiger partial charge in [0.15, 0.2) is 6.29 Å². The number of rotatable bonds is 27. The van der Waals surface area contributed by atoms with Gasteiger partial charge in [-0.2, -0.15) is 0 Å². The van der Waals surface area contributed by atoms with Gasteiger partial charge >= 0.3 is 17.9 Å². The van der Waals surface area contributed by atoms with E-state index in [0.717, 1.165) is 19.3 Å². The lowest BCUT2D eigenvalue weighted by Gasteiger charge is -2.43. The van der Waals surface area contributed by atoms with Gasteiger partial charge in [0.25, 0.3) is 0 Å². The van der Waals surface area contributed by atoms with Gasteiger partial charge in [0.1, 0.15) is 61.0 Å². The summed E-state index contributed by atoms with van der Waals surface area (Å²) in [4.78, 5) is 41.3. The molecule has 0 spiro atoms. The van der Waals surface area contributed by atoms with Crippen molar-refractivity contribution in [2.75, 3.05) is 26.4 Å². The number of hydrogen-bond acceptors (Lipinski definition) is 13. The smallest absolute Gasteiger partial charge is 0.338 e. The number of azide groups is 1. The van der Waals surface area contributed by atoms with E-state index in [1.165, 1.54) is 51.4 Å². The van der Waals surface area contributed by atoms with Gasteiger partial charge < -0.3 is 43.4 Å². The van der Waals surface area contributed by atoms with E-state index in [1.807, 2.05) is 6.08 Å². The summed E-state index contributed by atoms with van der Waals surface area (Å²) in [5.74, 6) is -2.09. The Labute approximate surface area is 344 Å². The van der Waals surface area contributed by atoms with Crippen LogP contribution in [-0.2, 0) is 42.7 Å². The third kappa shape index (κ3) is 20.9. The van der Waals surface area contributed by atoms with Gasteiger partial charge in [0, 0.05) is 4.91 Å². The summed E-state index contributed by atoms with van der Waals surface area (Å²) in [6, 6.07) is 7.27. The zero-order chi connectivity index (χ0) is 43.0. The lowest BCUT2D eigenvalue weighted by molar-refractivity contribution is -0.314. The standard InChI is InChI=1S/C43H69N3O12/c1-8-9-10-11-12-13-14-15-16-17-18-19-23-26-33(55-40(51)31-24-21-20-22-25-31)32(45-46-44)28-54-41-37(50)39(53-30-36(49)58-43(5,6)7)38(34(27-47)56-41)52-29-35(48)57-42(2,3)4/h20-26,32-34,37-39,41,47,50H,8-19,27-30H2,1-7H3/b26-23+/t32-,33+,34+,37+,38-,39+,41+/m0/s1. The van der Waals surface area contributed by atoms with Crippen LogP contribution >= 0.6 is 0 Å². The summed E-state index contributed by atoms with van der Waals surface area (Å²) in [5, 5.41) is 25.7. The largest absolute Gasteiger partial charge is 0.458 e. The summed E-state index contributed by atoms with van der Waals surface area (Å²) < 4.78 is 40.0. The number of carbonyl (C=O) groups is 3. The number of ether oxygens (including phenoxy) is 7. The molecule has 1 saturated heterocycles. The number of carbonyl (C=O) groups excluding carboxylic acids is 3. The van der Waals surface area contributed by atoms with Crippen molar-refractivity contribution >= 4 is 17.9 Å². The highest BCUT2D eigenvalue weighted by atomic mass is 16.7. The minimum absolute atomic E-state index is 0.297. The SMILES string of the molecule is CCCCCCCCCCCCC/C=C/[C@@H](OC(=O)c1ccccc1)[C@H](CO[C@@H]1O[C@H](CO)[C@H](OCC(=O)OC(C)(C)C)[C@H](OCC(=O)OC(C)(C)C)[C@H]1O)N=[N+]=[N-]. The predicted molar refractivity (Wildman–Crippen MR) is 218 cm³/mol. The van der Waals surface area contributed by atoms with Crippen LogP contribution in [0, 0.1) is 0 Å². The molecule has 58 heavy (non-hydrogen) atoms. The van der Waals surface area contributed by atoms with Crippen LogP contribution in [-0.4, -0.2) is 109 Å². The minimum Gasteiger partial charge on any atom is -0.458 e. The van der Waals surface area contributed by atoms with Crippen molar-refractivity contribution in [3.05, 3.63) is 58.5 Å². The lowest BCUT2D eigenvalue weighted by atomic mass is 9.98. The number of nitrogens with zero attached hydrogens (tertiary/aromatic N) is 3. The molecule has 1 aliphatic heterocycles. The number of aliphatic hydroxyl groups excluding tert-OH is 2. The van der Waals surface area contributed by atoms with Crippen molar-refractivity contribution < 1.29 is 57.8 Å². The zero-order valence-electron chi connectivity index (χ0n) is 35.7. The van der Waals surface area contributed by atoms with E-state index in [1.54, 1.807) is 78.0 Å². The fourth-order valence-corrected chi connectivity index (χ4v) is 6.26. The van der Waals surface area contributed by atoms with Crippen LogP contribution in [0.2, 0.25) is 0 Å². The second-order valence-corrected chi connectivity index (χ2v) is 16.5. The third-order valence-corrected chi connectivity index (χ3v) is 8.99. The molecular formula is C43H69N3O12. The van der Waals surface area contributed by atoms with Crippen LogP contribution in [0.1, 0.15) is 136 Å². The Balaban J connectivity index is 2.19. The Morgan fingerprint density at radius 3 is 1.88 bits per heavy atom. The van der Waals surface area contributed by atoms with Crippen LogP contribution < -0.4 is 0 Å². The molecule has 1 aromatic rings. The first-order valence-corrected chi connectivity index (χ1v) is 20.8. The number of aliphatic hydroxyl groups is 2. The highest BCUT2D eigenvalue weighted by Crippen LogP contribution is 2.28. The molecule has 0 unspecified atom stereocenters. The minimum atomic E-state index is -1.65. The van der Waals surface area contributed by atoms with Gasteiger partial charge in [-0.15, -0.1) is 0 Å². The van der Waals surface area contributed by atoms with E-state index in [-0.39, 0.29) is 0 Å². The molecule has 0 aliphatic carbocycles. The van der Waals surface area contributed by atoms with Crippen molar-refractivity contribution in [1.29, 1.82) is 0 Å². The Kier molecular flexibility index (Phi) is 23.8. The Bertz CT molecular complexity index is 1410. The lowest BCUT2D eigenvalue weighted by Crippen LogP contribution is -2.61. The van der Waals surface area contributed by atoms with Gasteiger partial charge in [0.2, 0.25) is 0 Å². The number of benzene rings is 1. The molecule has 0 bridgehead atoms. The van der Waals surface area contributed by atoms with Crippen LogP contribution in [0.25, 0.3) is 10.4 Å². The summed E-state index contributed by atoms with van der Waals surface area (Å²) in [5.41, 5.74) is 8.22. The normalized spacial score (nSPS) is 20.9. The molecule has 1 heterocycles. The average Bonchev–Trinajstić information content (AvgIpc) is 3.15. The zero-order valence-corrected chi connectivity index (χ0v) is 35.7. The first-order chi connectivity index (χ1) is 27.6. The maximum absolute atomic E-state index is 13.2. The monoisotopic (exact) mass is 819 g/mol. The van der Waals surface area contributed by atoms with Crippen LogP contribution in [0.4, 0.5) is 0 Å². The number of allylic oxidation sites excluding steroid dienone is 1. The maximum Gasteiger partial charge on any atom is 0.338 e. The van der Waals surface area contributed by atoms with Gasteiger partial charge in [0.05, 0.1) is 18.8 Å². The first kappa shape index (κ1) is 50.6. The maximum atomic E-state index is 13.2. The molecule has 0 amide bonds. The number of esters is 3. The molecule has 328 valence electrons. The Hall–Kier alpha value is -3.56. The van der Waals surface area contributed by atoms with E-state index in [0.29, 0.717) is 12.0 Å². The summed E-state index contributed by atoms with van der Waals surface area (Å²) in [7, 11) is 0. The molecule has 0 aromatic heterocycles. The predicted octanol–water partition coefficient (Wildman–Crippen LogP) is 7.70. The second-order valence-electron chi connectivity index (χ2n) is 16.5. The summed E-state index contributed by atoms with van der Waals surface area (Å²) in [6.45, 7) is 10.1. The molecule has 15 nitrogen and oxygen atoms in total. The average molecular weight is 820 g/mol. The van der Waals surface area contributed by atoms with E-state index >= 15 is 0 Å². The van der Waals surface area contributed by atoms with Gasteiger partial charge in [-0.05, 0) is 78.1 Å². The molecule has 2 rings (SSSR count).